The maximum absolute atomic E-state index is 5.82. The number of anilines is 2. The number of nitrogen functional groups attached to an aromatic ring is 1. The summed E-state index contributed by atoms with van der Waals surface area (Å²) < 4.78 is 0. The minimum atomic E-state index is 0.706. The van der Waals surface area contributed by atoms with E-state index in [9.17, 15) is 0 Å². The monoisotopic (exact) mass is 400 g/mol. The van der Waals surface area contributed by atoms with Crippen molar-refractivity contribution in [1.29, 1.82) is 0 Å². The molecule has 1 aliphatic heterocycles. The van der Waals surface area contributed by atoms with Gasteiger partial charge in [0.1, 0.15) is 10.8 Å². The van der Waals surface area contributed by atoms with Crippen molar-refractivity contribution in [2.45, 2.75) is 29.7 Å². The molecule has 1 aromatic heterocycles. The van der Waals surface area contributed by atoms with E-state index < -0.39 is 0 Å². The quantitative estimate of drug-likeness (QED) is 0.490. The van der Waals surface area contributed by atoms with Gasteiger partial charge in [-0.05, 0) is 73.1 Å². The van der Waals surface area contributed by atoms with Gasteiger partial charge in [0.15, 0.2) is 0 Å². The second kappa shape index (κ2) is 7.48. The standard InChI is InChI=1S/C24H24N4S/c1-15-14-26-22(16-6-7-16)13-21(15)27-24-20-5-3-2-4-17(20)12-23(28-24)29-19-10-8-18(25)9-11-19/h2-5,8-13,16,26H,6-7,14,25H2,1H3,(H,27,28). The maximum Gasteiger partial charge on any atom is 0.139 e. The number of benzene rings is 2. The Bertz CT molecular complexity index is 1130. The van der Waals surface area contributed by atoms with Crippen LogP contribution in [0, 0.1) is 5.92 Å². The fourth-order valence-electron chi connectivity index (χ4n) is 3.56. The van der Waals surface area contributed by atoms with Crippen molar-refractivity contribution < 1.29 is 0 Å². The number of nitrogens with two attached hydrogens (primary N) is 1. The molecule has 0 atom stereocenters. The predicted octanol–water partition coefficient (Wildman–Crippen LogP) is 5.55. The third-order valence-corrected chi connectivity index (χ3v) is 6.33. The van der Waals surface area contributed by atoms with Crippen LogP contribution < -0.4 is 16.4 Å². The van der Waals surface area contributed by atoms with E-state index in [1.54, 1.807) is 11.8 Å². The van der Waals surface area contributed by atoms with Gasteiger partial charge in [-0.25, -0.2) is 4.98 Å². The van der Waals surface area contributed by atoms with Gasteiger partial charge >= 0.3 is 0 Å². The average Bonchev–Trinajstić information content (AvgIpc) is 3.57. The molecular formula is C24H24N4S. The number of dihydropyridines is 1. The molecule has 1 saturated carbocycles. The van der Waals surface area contributed by atoms with E-state index >= 15 is 0 Å². The molecule has 2 aliphatic rings. The smallest absolute Gasteiger partial charge is 0.139 e. The Balaban J connectivity index is 1.51. The minimum absolute atomic E-state index is 0.706. The van der Waals surface area contributed by atoms with Crippen LogP contribution in [-0.4, -0.2) is 11.5 Å². The molecule has 5 rings (SSSR count). The van der Waals surface area contributed by atoms with Crippen molar-refractivity contribution in [2.24, 2.45) is 5.92 Å². The van der Waals surface area contributed by atoms with E-state index in [1.165, 1.54) is 29.5 Å². The Morgan fingerprint density at radius 1 is 1.10 bits per heavy atom. The molecule has 0 saturated heterocycles. The minimum Gasteiger partial charge on any atom is -0.399 e. The molecule has 5 heteroatoms. The highest BCUT2D eigenvalue weighted by molar-refractivity contribution is 7.99. The molecule has 4 nitrogen and oxygen atoms in total. The zero-order valence-electron chi connectivity index (χ0n) is 16.4. The zero-order valence-corrected chi connectivity index (χ0v) is 17.2. The van der Waals surface area contributed by atoms with E-state index in [-0.39, 0.29) is 0 Å². The Hall–Kier alpha value is -2.92. The van der Waals surface area contributed by atoms with Gasteiger partial charge in [0.25, 0.3) is 0 Å². The second-order valence-electron chi connectivity index (χ2n) is 7.75. The van der Waals surface area contributed by atoms with Crippen molar-refractivity contribution in [3.63, 3.8) is 0 Å². The molecule has 2 heterocycles. The topological polar surface area (TPSA) is 63.0 Å². The normalized spacial score (nSPS) is 16.5. The number of hydrogen-bond acceptors (Lipinski definition) is 5. The highest BCUT2D eigenvalue weighted by atomic mass is 32.2. The van der Waals surface area contributed by atoms with Crippen LogP contribution in [0.25, 0.3) is 10.8 Å². The van der Waals surface area contributed by atoms with Gasteiger partial charge in [-0.1, -0.05) is 36.0 Å². The maximum atomic E-state index is 5.82. The first-order chi connectivity index (χ1) is 14.2. The van der Waals surface area contributed by atoms with Crippen molar-refractivity contribution in [2.75, 3.05) is 17.6 Å². The van der Waals surface area contributed by atoms with Crippen molar-refractivity contribution in [3.8, 4) is 0 Å². The van der Waals surface area contributed by atoms with Crippen LogP contribution in [0.4, 0.5) is 11.5 Å². The van der Waals surface area contributed by atoms with Gasteiger partial charge in [0.2, 0.25) is 0 Å². The summed E-state index contributed by atoms with van der Waals surface area (Å²) in [7, 11) is 0. The Morgan fingerprint density at radius 3 is 2.69 bits per heavy atom. The first kappa shape index (κ1) is 18.1. The van der Waals surface area contributed by atoms with E-state index in [0.717, 1.165) is 39.1 Å². The molecule has 29 heavy (non-hydrogen) atoms. The van der Waals surface area contributed by atoms with Gasteiger partial charge < -0.3 is 16.4 Å². The van der Waals surface area contributed by atoms with Crippen LogP contribution in [0.2, 0.25) is 0 Å². The van der Waals surface area contributed by atoms with Crippen molar-refractivity contribution in [1.82, 2.24) is 10.3 Å². The highest BCUT2D eigenvalue weighted by Crippen LogP contribution is 2.37. The van der Waals surface area contributed by atoms with Crippen molar-refractivity contribution >= 4 is 34.0 Å². The second-order valence-corrected chi connectivity index (χ2v) is 8.84. The Labute approximate surface area is 175 Å². The largest absolute Gasteiger partial charge is 0.399 e. The van der Waals surface area contributed by atoms with Gasteiger partial charge in [0, 0.05) is 33.9 Å². The number of nitrogens with zero attached hydrogens (tertiary/aromatic N) is 1. The van der Waals surface area contributed by atoms with E-state index in [2.05, 4.69) is 54.0 Å². The summed E-state index contributed by atoms with van der Waals surface area (Å²) in [4.78, 5) is 6.10. The lowest BCUT2D eigenvalue weighted by Crippen LogP contribution is -2.24. The summed E-state index contributed by atoms with van der Waals surface area (Å²) >= 11 is 1.65. The third kappa shape index (κ3) is 3.96. The molecule has 0 radical (unpaired) electrons. The van der Waals surface area contributed by atoms with Gasteiger partial charge in [-0.2, -0.15) is 0 Å². The Kier molecular flexibility index (Phi) is 4.68. The summed E-state index contributed by atoms with van der Waals surface area (Å²) in [5.74, 6) is 1.61. The van der Waals surface area contributed by atoms with E-state index in [4.69, 9.17) is 10.7 Å². The molecule has 1 aliphatic carbocycles. The van der Waals surface area contributed by atoms with Gasteiger partial charge in [-0.3, -0.25) is 0 Å². The van der Waals surface area contributed by atoms with Gasteiger partial charge in [-0.15, -0.1) is 0 Å². The van der Waals surface area contributed by atoms with Crippen LogP contribution >= 0.6 is 11.8 Å². The number of allylic oxidation sites excluding steroid dienone is 2. The number of rotatable bonds is 5. The third-order valence-electron chi connectivity index (χ3n) is 5.41. The molecule has 0 bridgehead atoms. The average molecular weight is 401 g/mol. The summed E-state index contributed by atoms with van der Waals surface area (Å²) in [5.41, 5.74) is 10.4. The first-order valence-electron chi connectivity index (χ1n) is 10.0. The van der Waals surface area contributed by atoms with Gasteiger partial charge in [0.05, 0.1) is 0 Å². The molecule has 0 spiro atoms. The van der Waals surface area contributed by atoms with Crippen LogP contribution in [0.1, 0.15) is 19.8 Å². The number of pyridine rings is 1. The fraction of sp³-hybridized carbons (Fsp3) is 0.208. The molecule has 4 N–H and O–H groups in total. The molecule has 0 unspecified atom stereocenters. The molecule has 3 aromatic rings. The summed E-state index contributed by atoms with van der Waals surface area (Å²) in [6.07, 6.45) is 4.85. The van der Waals surface area contributed by atoms with Crippen LogP contribution in [0.5, 0.6) is 0 Å². The van der Waals surface area contributed by atoms with Crippen molar-refractivity contribution in [3.05, 3.63) is 77.6 Å². The number of nitrogens with one attached hydrogen (secondary N) is 2. The number of hydrogen-bond donors (Lipinski definition) is 3. The summed E-state index contributed by atoms with van der Waals surface area (Å²) in [6, 6.07) is 18.5. The predicted molar refractivity (Wildman–Crippen MR) is 122 cm³/mol. The fourth-order valence-corrected chi connectivity index (χ4v) is 4.40. The molecule has 2 aromatic carbocycles. The summed E-state index contributed by atoms with van der Waals surface area (Å²) in [5, 5.41) is 10.5. The molecule has 0 amide bonds. The lowest BCUT2D eigenvalue weighted by molar-refractivity contribution is 0.762. The number of fused-ring (bicyclic) bond motifs is 1. The van der Waals surface area contributed by atoms with E-state index in [0.29, 0.717) is 5.92 Å². The molecule has 1 fully saturated rings. The highest BCUT2D eigenvalue weighted by Gasteiger charge is 2.28. The lowest BCUT2D eigenvalue weighted by atomic mass is 10.1. The SMILES string of the molecule is CC1=C(Nc2nc(Sc3ccc(N)cc3)cc3ccccc23)C=C(C2CC2)NC1. The molecule has 146 valence electrons. The zero-order chi connectivity index (χ0) is 19.8. The van der Waals surface area contributed by atoms with Crippen LogP contribution in [0.15, 0.2) is 87.6 Å². The molecular weight excluding hydrogens is 376 g/mol. The van der Waals surface area contributed by atoms with E-state index in [1.807, 2.05) is 24.3 Å². The first-order valence-corrected chi connectivity index (χ1v) is 10.8. The Morgan fingerprint density at radius 2 is 1.90 bits per heavy atom. The van der Waals surface area contributed by atoms with Crippen LogP contribution in [-0.2, 0) is 0 Å². The summed E-state index contributed by atoms with van der Waals surface area (Å²) in [6.45, 7) is 3.06. The number of aromatic nitrogens is 1. The lowest BCUT2D eigenvalue weighted by Gasteiger charge is -2.21. The van der Waals surface area contributed by atoms with Crippen LogP contribution in [0.3, 0.4) is 0 Å².